The lowest BCUT2D eigenvalue weighted by atomic mass is 9.90. The van der Waals surface area contributed by atoms with E-state index in [-0.39, 0.29) is 13.3 Å². The van der Waals surface area contributed by atoms with E-state index in [4.69, 9.17) is 0 Å². The van der Waals surface area contributed by atoms with E-state index in [2.05, 4.69) is 31.0 Å². The number of hydrogen-bond donors (Lipinski definition) is 1. The van der Waals surface area contributed by atoms with Gasteiger partial charge in [-0.25, -0.2) is 4.39 Å². The molecule has 0 unspecified atom stereocenters. The van der Waals surface area contributed by atoms with E-state index in [1.54, 1.807) is 12.1 Å². The first kappa shape index (κ1) is 14.5. The number of likely N-dealkylation sites (tertiary alicyclic amines) is 1. The van der Waals surface area contributed by atoms with Crippen molar-refractivity contribution in [2.75, 3.05) is 13.1 Å². The Kier molecular flexibility index (Phi) is 4.94. The molecule has 0 amide bonds. The molecule has 2 atom stereocenters. The predicted molar refractivity (Wildman–Crippen MR) is 79.8 cm³/mol. The molecule has 1 N–H and O–H groups in total. The molecule has 0 radical (unpaired) electrons. The van der Waals surface area contributed by atoms with Crippen LogP contribution in [0.3, 0.4) is 0 Å². The zero-order valence-electron chi connectivity index (χ0n) is 12.2. The van der Waals surface area contributed by atoms with Crippen molar-refractivity contribution < 1.29 is 5.82 Å². The van der Waals surface area contributed by atoms with Crippen molar-refractivity contribution in [1.82, 2.24) is 10.2 Å². The summed E-state index contributed by atoms with van der Waals surface area (Å²) in [6.07, 6.45) is 2.14. The average Bonchev–Trinajstić information content (AvgIpc) is 2.39. The van der Waals surface area contributed by atoms with Crippen LogP contribution in [0.25, 0.3) is 0 Å². The van der Waals surface area contributed by atoms with Gasteiger partial charge >= 0.3 is 0 Å². The first-order valence-electron chi connectivity index (χ1n) is 7.37. The third kappa shape index (κ3) is 3.34. The van der Waals surface area contributed by atoms with Gasteiger partial charge in [0, 0.05) is 31.7 Å². The second-order valence-corrected chi connectivity index (χ2v) is 5.65. The topological polar surface area (TPSA) is 15.3 Å². The van der Waals surface area contributed by atoms with Crippen LogP contribution in [0.2, 0.25) is 0 Å². The van der Waals surface area contributed by atoms with Gasteiger partial charge in [0.05, 0.1) is 0 Å². The summed E-state index contributed by atoms with van der Waals surface area (Å²) in [6.45, 7) is 8.54. The van der Waals surface area contributed by atoms with Crippen molar-refractivity contribution >= 4 is 0 Å². The molecular weight excluding hydrogens is 239 g/mol. The van der Waals surface area contributed by atoms with E-state index in [0.717, 1.165) is 31.5 Å². The molecule has 0 spiro atoms. The van der Waals surface area contributed by atoms with Crippen molar-refractivity contribution in [3.05, 3.63) is 35.6 Å². The van der Waals surface area contributed by atoms with Crippen molar-refractivity contribution in [3.8, 4) is 0 Å². The molecule has 2 nitrogen and oxygen atoms in total. The minimum Gasteiger partial charge on any atom is -0.314 e. The fraction of sp³-hybridized carbons (Fsp3) is 0.625. The molecule has 108 valence electrons. The molecule has 0 saturated carbocycles. The van der Waals surface area contributed by atoms with E-state index in [0.29, 0.717) is 12.1 Å². The predicted octanol–water partition coefficient (Wildman–Crippen LogP) is 3.60. The smallest absolute Gasteiger partial charge is 0.127 e. The van der Waals surface area contributed by atoms with Crippen molar-refractivity contribution in [2.24, 2.45) is 0 Å². The quantitative estimate of drug-likeness (QED) is 0.896. The Hall–Kier alpha value is -0.930. The average molecular weight is 266 g/mol. The number of hydrogen-bond acceptors (Lipinski definition) is 2. The first-order chi connectivity index (χ1) is 9.13. The lowest BCUT2D eigenvalue weighted by Crippen LogP contribution is -2.47. The summed E-state index contributed by atoms with van der Waals surface area (Å²) in [6, 6.07) is 8.36. The zero-order chi connectivity index (χ0) is 13.8. The number of benzene rings is 1. The highest BCUT2D eigenvalue weighted by Gasteiger charge is 2.31. The summed E-state index contributed by atoms with van der Waals surface area (Å²) in [7, 11) is 0. The van der Waals surface area contributed by atoms with E-state index in [1.807, 2.05) is 12.1 Å². The van der Waals surface area contributed by atoms with Crippen LogP contribution in [0.15, 0.2) is 24.3 Å². The number of piperidine rings is 1. The summed E-state index contributed by atoms with van der Waals surface area (Å²) in [5.74, 6) is -0.0738. The molecule has 1 saturated heterocycles. The Balaban J connectivity index is 0.00000200. The fourth-order valence-corrected chi connectivity index (χ4v) is 3.13. The van der Waals surface area contributed by atoms with Crippen molar-refractivity contribution in [3.63, 3.8) is 0 Å². The van der Waals surface area contributed by atoms with E-state index in [1.165, 1.54) is 0 Å². The maximum absolute atomic E-state index is 14.1. The third-order valence-corrected chi connectivity index (χ3v) is 4.06. The van der Waals surface area contributed by atoms with Crippen LogP contribution in [0.1, 0.15) is 46.6 Å². The normalized spacial score (nSPS) is 24.9. The Morgan fingerprint density at radius 3 is 2.79 bits per heavy atom. The molecule has 3 heteroatoms. The van der Waals surface area contributed by atoms with Gasteiger partial charge in [-0.2, -0.15) is 0 Å². The summed E-state index contributed by atoms with van der Waals surface area (Å²) in [5.41, 5.74) is 0.846. The van der Waals surface area contributed by atoms with E-state index in [9.17, 15) is 4.39 Å². The maximum Gasteiger partial charge on any atom is 0.127 e. The molecule has 1 aromatic rings. The van der Waals surface area contributed by atoms with Gasteiger partial charge < -0.3 is 5.32 Å². The van der Waals surface area contributed by atoms with Crippen LogP contribution in [0.5, 0.6) is 0 Å². The van der Waals surface area contributed by atoms with Crippen LogP contribution in [-0.4, -0.2) is 30.1 Å². The highest BCUT2D eigenvalue weighted by atomic mass is 19.1. The molecule has 1 heterocycles. The maximum atomic E-state index is 14.1. The highest BCUT2D eigenvalue weighted by Crippen LogP contribution is 2.33. The first-order valence-corrected chi connectivity index (χ1v) is 7.37. The lowest BCUT2D eigenvalue weighted by molar-refractivity contribution is 0.0907. The minimum absolute atomic E-state index is 0. The van der Waals surface area contributed by atoms with Gasteiger partial charge in [-0.05, 0) is 39.3 Å². The van der Waals surface area contributed by atoms with Crippen LogP contribution < -0.4 is 5.32 Å². The molecule has 1 aliphatic heterocycles. The SMILES string of the molecule is CCN[C@@H]1CCN(C(C)C)[C@H](c2ccccc2F)C1.[HH]. The molecule has 19 heavy (non-hydrogen) atoms. The van der Waals surface area contributed by atoms with Gasteiger partial charge in [0.15, 0.2) is 0 Å². The molecule has 2 rings (SSSR count). The Labute approximate surface area is 117 Å². The second kappa shape index (κ2) is 6.49. The summed E-state index contributed by atoms with van der Waals surface area (Å²) in [4.78, 5) is 2.42. The van der Waals surface area contributed by atoms with E-state index < -0.39 is 0 Å². The third-order valence-electron chi connectivity index (χ3n) is 4.06. The van der Waals surface area contributed by atoms with Crippen molar-refractivity contribution in [1.29, 1.82) is 0 Å². The molecular formula is C16H27FN2. The number of nitrogens with one attached hydrogen (secondary N) is 1. The Morgan fingerprint density at radius 2 is 2.16 bits per heavy atom. The van der Waals surface area contributed by atoms with Crippen LogP contribution in [0, 0.1) is 5.82 Å². The van der Waals surface area contributed by atoms with Crippen molar-refractivity contribution in [2.45, 2.75) is 51.7 Å². The number of nitrogens with zero attached hydrogens (tertiary/aromatic N) is 1. The van der Waals surface area contributed by atoms with Gasteiger partial charge in [-0.3, -0.25) is 4.90 Å². The molecule has 0 aliphatic carbocycles. The van der Waals surface area contributed by atoms with Crippen LogP contribution in [0.4, 0.5) is 4.39 Å². The minimum atomic E-state index is -0.0738. The van der Waals surface area contributed by atoms with Gasteiger partial charge in [0.25, 0.3) is 0 Å². The van der Waals surface area contributed by atoms with Gasteiger partial charge in [0.1, 0.15) is 5.82 Å². The number of halogens is 1. The molecule has 0 aromatic heterocycles. The summed E-state index contributed by atoms with van der Waals surface area (Å²) in [5, 5.41) is 3.51. The summed E-state index contributed by atoms with van der Waals surface area (Å²) >= 11 is 0. The Bertz CT molecular complexity index is 411. The highest BCUT2D eigenvalue weighted by molar-refractivity contribution is 5.22. The fourth-order valence-electron chi connectivity index (χ4n) is 3.13. The molecule has 0 bridgehead atoms. The van der Waals surface area contributed by atoms with Crippen LogP contribution in [-0.2, 0) is 0 Å². The lowest BCUT2D eigenvalue weighted by Gasteiger charge is -2.42. The number of rotatable bonds is 4. The standard InChI is InChI=1S/C16H25FN2.H2/c1-4-18-13-9-10-19(12(2)3)16(11-13)14-7-5-6-8-15(14)17;/h5-8,12-13,16,18H,4,9-11H2,1-3H3;1H/t13-,16+;/m1./s1. The Morgan fingerprint density at radius 1 is 1.42 bits per heavy atom. The molecule has 1 fully saturated rings. The largest absolute Gasteiger partial charge is 0.314 e. The van der Waals surface area contributed by atoms with Gasteiger partial charge in [-0.1, -0.05) is 25.1 Å². The molecule has 1 aromatic carbocycles. The van der Waals surface area contributed by atoms with Gasteiger partial charge in [0.2, 0.25) is 0 Å². The van der Waals surface area contributed by atoms with E-state index >= 15 is 0 Å². The zero-order valence-corrected chi connectivity index (χ0v) is 12.2. The molecule has 1 aliphatic rings. The van der Waals surface area contributed by atoms with Crippen LogP contribution >= 0.6 is 0 Å². The second-order valence-electron chi connectivity index (χ2n) is 5.65. The summed E-state index contributed by atoms with van der Waals surface area (Å²) < 4.78 is 14.1. The monoisotopic (exact) mass is 266 g/mol. The van der Waals surface area contributed by atoms with Gasteiger partial charge in [-0.15, -0.1) is 0 Å².